The van der Waals surface area contributed by atoms with E-state index in [1.807, 2.05) is 19.1 Å². The number of benzene rings is 1. The van der Waals surface area contributed by atoms with E-state index in [-0.39, 0.29) is 0 Å². The predicted octanol–water partition coefficient (Wildman–Crippen LogP) is 1.31. The van der Waals surface area contributed by atoms with Crippen LogP contribution in [0.2, 0.25) is 0 Å². The molecule has 0 saturated carbocycles. The van der Waals surface area contributed by atoms with E-state index in [1.54, 1.807) is 24.7 Å². The van der Waals surface area contributed by atoms with Gasteiger partial charge < -0.3 is 0 Å². The van der Waals surface area contributed by atoms with Crippen LogP contribution < -0.4 is 3.27 Å². The van der Waals surface area contributed by atoms with Crippen LogP contribution in [-0.4, -0.2) is 5.16 Å². The van der Waals surface area contributed by atoms with Crippen molar-refractivity contribution < 1.29 is 29.2 Å². The molecule has 0 radical (unpaired) electrons. The van der Waals surface area contributed by atoms with Crippen LogP contribution in [0.25, 0.3) is 11.0 Å². The quantitative estimate of drug-likeness (QED) is 0.721. The number of hydrogen-bond donors (Lipinski definition) is 0. The second kappa shape index (κ2) is 2.56. The molecule has 0 unspecified atom stereocenters. The molecule has 2 aromatic rings. The Morgan fingerprint density at radius 1 is 1.45 bits per heavy atom. The average molecular weight is 343 g/mol. The van der Waals surface area contributed by atoms with Crippen molar-refractivity contribution in [3.63, 3.8) is 0 Å². The van der Waals surface area contributed by atoms with Crippen molar-refractivity contribution in [3.05, 3.63) is 23.9 Å². The van der Waals surface area contributed by atoms with Gasteiger partial charge in [-0.3, -0.25) is 0 Å². The number of nitrogens with zero attached hydrogens (tertiary/aromatic N) is 1. The van der Waals surface area contributed by atoms with Gasteiger partial charge in [0.05, 0.1) is 0 Å². The molecule has 0 atom stereocenters. The van der Waals surface area contributed by atoms with E-state index in [9.17, 15) is 0 Å². The van der Waals surface area contributed by atoms with Gasteiger partial charge in [0, 0.05) is 0 Å². The fourth-order valence-electron chi connectivity index (χ4n) is 1.03. The maximum atomic E-state index is 5.06. The SMILES string of the molecule is Cc1noc2ccc([211At])cc12. The predicted molar refractivity (Wildman–Crippen MR) is 38.4 cm³/mol. The van der Waals surface area contributed by atoms with Crippen molar-refractivity contribution in [3.8, 4) is 0 Å². The minimum absolute atomic E-state index is 0.878. The van der Waals surface area contributed by atoms with Crippen LogP contribution in [0.1, 0.15) is 5.69 Å². The zero-order valence-electron chi connectivity index (χ0n) is 5.97. The summed E-state index contributed by atoms with van der Waals surface area (Å²) in [4.78, 5) is 0. The van der Waals surface area contributed by atoms with Gasteiger partial charge in [0.15, 0.2) is 0 Å². The first-order chi connectivity index (χ1) is 5.27. The standard InChI is InChI=1S/C8H6AtNO/c1-5-7-4-6(9)2-3-8(7)11-10-5/h2-4H,1H3/i9+1. The molecule has 11 heavy (non-hydrogen) atoms. The molecule has 0 spiro atoms. The van der Waals surface area contributed by atoms with Gasteiger partial charge in [0.1, 0.15) is 0 Å². The summed E-state index contributed by atoms with van der Waals surface area (Å²) >= 11 is 1.67. The second-order valence-corrected chi connectivity index (χ2v) is 4.11. The Morgan fingerprint density at radius 3 is 3.09 bits per heavy atom. The Balaban J connectivity index is 2.87. The Bertz CT molecular complexity index is 394. The second-order valence-electron chi connectivity index (χ2n) is 2.41. The van der Waals surface area contributed by atoms with Crippen molar-refractivity contribution in [1.82, 2.24) is 5.16 Å². The number of fused-ring (bicyclic) bond motifs is 1. The molecule has 0 amide bonds. The molecular formula is C8H6AtNO. The van der Waals surface area contributed by atoms with E-state index in [1.165, 1.54) is 3.27 Å². The van der Waals surface area contributed by atoms with Gasteiger partial charge >= 0.3 is 79.5 Å². The Morgan fingerprint density at radius 2 is 2.27 bits per heavy atom. The van der Waals surface area contributed by atoms with Crippen molar-refractivity contribution >= 4 is 14.2 Å². The van der Waals surface area contributed by atoms with Gasteiger partial charge in [-0.15, -0.1) is 0 Å². The molecule has 1 heterocycles. The molecule has 2 nitrogen and oxygen atoms in total. The molecule has 0 N–H and O–H groups in total. The molecular weight excluding hydrogens is 337 g/mol. The fourth-order valence-corrected chi connectivity index (χ4v) is 1.70. The minimum atomic E-state index is 0.878. The number of hydrogen-bond acceptors (Lipinski definition) is 2. The van der Waals surface area contributed by atoms with E-state index in [4.69, 9.17) is 4.52 Å². The van der Waals surface area contributed by atoms with Gasteiger partial charge in [0.2, 0.25) is 0 Å². The van der Waals surface area contributed by atoms with Crippen LogP contribution in [0.3, 0.4) is 0 Å². The summed E-state index contributed by atoms with van der Waals surface area (Å²) in [6.45, 7) is 1.96. The first kappa shape index (κ1) is 7.23. The monoisotopic (exact) mass is 343 g/mol. The van der Waals surface area contributed by atoms with Crippen molar-refractivity contribution in [1.29, 1.82) is 0 Å². The zero-order chi connectivity index (χ0) is 7.84. The molecule has 1 aromatic heterocycles. The van der Waals surface area contributed by atoms with Crippen LogP contribution in [0.5, 0.6) is 0 Å². The normalized spacial score (nSPS) is 10.7. The molecule has 1 aromatic carbocycles. The molecule has 3 heteroatoms. The van der Waals surface area contributed by atoms with Gasteiger partial charge in [-0.2, -0.15) is 0 Å². The summed E-state index contributed by atoms with van der Waals surface area (Å²) in [5.74, 6) is 0. The number of aryl methyl sites for hydroxylation is 1. The number of aromatic nitrogens is 1. The van der Waals surface area contributed by atoms with Crippen LogP contribution in [0.4, 0.5) is 0 Å². The van der Waals surface area contributed by atoms with Crippen LogP contribution in [0.15, 0.2) is 22.7 Å². The summed E-state index contributed by atoms with van der Waals surface area (Å²) in [6.07, 6.45) is 0. The van der Waals surface area contributed by atoms with E-state index >= 15 is 0 Å². The van der Waals surface area contributed by atoms with Gasteiger partial charge in [0.25, 0.3) is 0 Å². The van der Waals surface area contributed by atoms with Crippen LogP contribution in [-0.2, 0) is 0 Å². The van der Waals surface area contributed by atoms with Gasteiger partial charge in [-0.25, -0.2) is 0 Å². The zero-order valence-corrected chi connectivity index (χ0v) is 8.90. The molecule has 0 aliphatic rings. The van der Waals surface area contributed by atoms with Crippen molar-refractivity contribution in [2.24, 2.45) is 0 Å². The fraction of sp³-hybridized carbons (Fsp3) is 0.125. The summed E-state index contributed by atoms with van der Waals surface area (Å²) in [7, 11) is 0. The maximum absolute atomic E-state index is 5.06. The van der Waals surface area contributed by atoms with E-state index in [0.29, 0.717) is 0 Å². The molecule has 0 bridgehead atoms. The summed E-state index contributed by atoms with van der Waals surface area (Å²) in [5, 5.41) is 5.00. The van der Waals surface area contributed by atoms with Crippen LogP contribution in [0, 0.1) is 31.6 Å². The molecule has 0 aliphatic carbocycles. The van der Waals surface area contributed by atoms with E-state index < -0.39 is 0 Å². The Labute approximate surface area is 79.4 Å². The summed E-state index contributed by atoms with van der Waals surface area (Å²) in [5.41, 5.74) is 1.85. The Hall–Kier alpha value is -0.427. The van der Waals surface area contributed by atoms with Crippen molar-refractivity contribution in [2.45, 2.75) is 6.92 Å². The molecule has 0 fully saturated rings. The molecule has 2 rings (SSSR count). The van der Waals surface area contributed by atoms with Gasteiger partial charge in [-0.1, -0.05) is 0 Å². The third-order valence-electron chi connectivity index (χ3n) is 1.61. The molecule has 0 saturated heterocycles. The first-order valence-corrected chi connectivity index (χ1v) is 4.76. The third kappa shape index (κ3) is 1.18. The third-order valence-corrected chi connectivity index (χ3v) is 2.53. The summed E-state index contributed by atoms with van der Waals surface area (Å²) in [6, 6.07) is 6.12. The van der Waals surface area contributed by atoms with E-state index in [0.717, 1.165) is 16.7 Å². The average Bonchev–Trinajstić information content (AvgIpc) is 2.33. The topological polar surface area (TPSA) is 26.0 Å². The van der Waals surface area contributed by atoms with E-state index in [2.05, 4.69) is 11.2 Å². The van der Waals surface area contributed by atoms with Crippen LogP contribution >= 0.6 is 0 Å². The van der Waals surface area contributed by atoms with Crippen molar-refractivity contribution in [2.75, 3.05) is 0 Å². The molecule has 0 aliphatic heterocycles. The summed E-state index contributed by atoms with van der Waals surface area (Å²) < 4.78 is 6.36. The first-order valence-electron chi connectivity index (χ1n) is 3.29. The number of rotatable bonds is 0. The van der Waals surface area contributed by atoms with Gasteiger partial charge in [-0.05, 0) is 0 Å². The molecule has 56 valence electrons. The Kier molecular flexibility index (Phi) is 1.68.